The number of carbonyl (C=O) groups is 3. The number of amides is 4. The normalized spacial score (nSPS) is 19.2. The molecule has 3 rings (SSSR count). The van der Waals surface area contributed by atoms with E-state index in [9.17, 15) is 27.6 Å². The van der Waals surface area contributed by atoms with E-state index in [1.165, 1.54) is 24.5 Å². The van der Waals surface area contributed by atoms with Crippen LogP contribution in [0.2, 0.25) is 0 Å². The molecule has 1 aliphatic rings. The highest BCUT2D eigenvalue weighted by Crippen LogP contribution is 2.34. The molecule has 1 saturated heterocycles. The molecule has 0 spiro atoms. The van der Waals surface area contributed by atoms with Gasteiger partial charge in [0.15, 0.2) is 0 Å². The molecular weight excluding hydrogens is 389 g/mol. The number of nitrogens with one attached hydrogen (secondary N) is 2. The van der Waals surface area contributed by atoms with Crippen LogP contribution in [0.25, 0.3) is 0 Å². The number of benzene rings is 1. The third-order valence-corrected chi connectivity index (χ3v) is 4.40. The fourth-order valence-corrected chi connectivity index (χ4v) is 2.92. The summed E-state index contributed by atoms with van der Waals surface area (Å²) in [6, 6.07) is 10.5. The number of nitrogens with zero attached hydrogens (tertiary/aromatic N) is 2. The van der Waals surface area contributed by atoms with Crippen molar-refractivity contribution in [3.05, 3.63) is 66.0 Å². The molecule has 1 aliphatic heterocycles. The van der Waals surface area contributed by atoms with Gasteiger partial charge in [0.05, 0.1) is 6.54 Å². The molecule has 1 atom stereocenters. The van der Waals surface area contributed by atoms with Crippen LogP contribution in [-0.2, 0) is 22.6 Å². The molecular formula is C19H17F3N4O3. The van der Waals surface area contributed by atoms with E-state index in [-0.39, 0.29) is 12.8 Å². The largest absolute Gasteiger partial charge is 0.440 e. The number of carbonyl (C=O) groups excluding carboxylic acids is 3. The number of alkyl halides is 3. The van der Waals surface area contributed by atoms with E-state index >= 15 is 0 Å². The monoisotopic (exact) mass is 406 g/mol. The minimum Gasteiger partial charge on any atom is -0.318 e. The zero-order chi connectivity index (χ0) is 21.1. The zero-order valence-electron chi connectivity index (χ0n) is 15.1. The Morgan fingerprint density at radius 1 is 1.10 bits per heavy atom. The second kappa shape index (κ2) is 7.90. The summed E-state index contributed by atoms with van der Waals surface area (Å²) in [7, 11) is 0. The molecule has 2 heterocycles. The molecule has 7 nitrogen and oxygen atoms in total. The Morgan fingerprint density at radius 3 is 2.41 bits per heavy atom. The van der Waals surface area contributed by atoms with Crippen LogP contribution in [0, 0.1) is 0 Å². The Labute approximate surface area is 163 Å². The average Bonchev–Trinajstić information content (AvgIpc) is 2.93. The van der Waals surface area contributed by atoms with Crippen LogP contribution in [0.4, 0.5) is 18.0 Å². The van der Waals surface area contributed by atoms with Gasteiger partial charge in [-0.1, -0.05) is 36.4 Å². The number of urea groups is 1. The van der Waals surface area contributed by atoms with E-state index in [4.69, 9.17) is 0 Å². The van der Waals surface area contributed by atoms with Gasteiger partial charge in [0.1, 0.15) is 0 Å². The molecule has 1 aromatic carbocycles. The summed E-state index contributed by atoms with van der Waals surface area (Å²) in [5.74, 6) is -2.60. The molecule has 0 saturated carbocycles. The maximum absolute atomic E-state index is 13.8. The predicted octanol–water partition coefficient (Wildman–Crippen LogP) is 2.14. The fourth-order valence-electron chi connectivity index (χ4n) is 2.92. The number of imide groups is 1. The second-order valence-corrected chi connectivity index (χ2v) is 6.46. The van der Waals surface area contributed by atoms with Crippen molar-refractivity contribution in [3.63, 3.8) is 0 Å². The van der Waals surface area contributed by atoms with Crippen molar-refractivity contribution in [2.45, 2.75) is 31.2 Å². The molecule has 0 unspecified atom stereocenters. The first-order chi connectivity index (χ1) is 13.7. The summed E-state index contributed by atoms with van der Waals surface area (Å²) in [4.78, 5) is 41.1. The van der Waals surface area contributed by atoms with E-state index in [2.05, 4.69) is 4.98 Å². The summed E-state index contributed by atoms with van der Waals surface area (Å²) in [5.41, 5.74) is -2.38. The van der Waals surface area contributed by atoms with Crippen molar-refractivity contribution in [3.8, 4) is 0 Å². The SMILES string of the molecule is O=C(CCc1ccccc1)N[C@@]1(C(F)(F)F)NC(=O)N(Cc2cccnc2)C1=O. The Morgan fingerprint density at radius 2 is 1.79 bits per heavy atom. The highest BCUT2D eigenvalue weighted by molar-refractivity contribution is 6.08. The summed E-state index contributed by atoms with van der Waals surface area (Å²) in [6.45, 7) is -0.407. The molecule has 152 valence electrons. The standard InChI is InChI=1S/C19H17F3N4O3/c20-19(21,22)18(24-15(27)9-8-13-5-2-1-3-6-13)16(28)26(17(29)25-18)12-14-7-4-10-23-11-14/h1-7,10-11H,8-9,12H2,(H,24,27)(H,25,29)/t18-/m1/s1. The number of hydrogen-bond acceptors (Lipinski definition) is 4. The van der Waals surface area contributed by atoms with Crippen molar-refractivity contribution >= 4 is 17.8 Å². The van der Waals surface area contributed by atoms with E-state index < -0.39 is 36.2 Å². The molecule has 29 heavy (non-hydrogen) atoms. The van der Waals surface area contributed by atoms with Gasteiger partial charge in [-0.3, -0.25) is 24.8 Å². The minimum absolute atomic E-state index is 0.183. The topological polar surface area (TPSA) is 91.4 Å². The van der Waals surface area contributed by atoms with E-state index in [1.54, 1.807) is 41.0 Å². The second-order valence-electron chi connectivity index (χ2n) is 6.46. The Balaban J connectivity index is 1.77. The molecule has 1 fully saturated rings. The summed E-state index contributed by atoms with van der Waals surface area (Å²) in [5, 5.41) is 3.31. The quantitative estimate of drug-likeness (QED) is 0.719. The Bertz CT molecular complexity index is 906. The van der Waals surface area contributed by atoms with Gasteiger partial charge in [0, 0.05) is 18.8 Å². The maximum atomic E-state index is 13.8. The molecule has 0 aliphatic carbocycles. The molecule has 1 aromatic heterocycles. The molecule has 2 aromatic rings. The lowest BCUT2D eigenvalue weighted by Crippen LogP contribution is -2.69. The van der Waals surface area contributed by atoms with Gasteiger partial charge in [-0.05, 0) is 23.6 Å². The number of aryl methyl sites for hydroxylation is 1. The van der Waals surface area contributed by atoms with Crippen LogP contribution in [0.3, 0.4) is 0 Å². The number of pyridine rings is 1. The van der Waals surface area contributed by atoms with Crippen molar-refractivity contribution in [2.75, 3.05) is 0 Å². The van der Waals surface area contributed by atoms with Gasteiger partial charge >= 0.3 is 12.2 Å². The lowest BCUT2D eigenvalue weighted by atomic mass is 10.1. The third-order valence-electron chi connectivity index (χ3n) is 4.40. The zero-order valence-corrected chi connectivity index (χ0v) is 15.1. The van der Waals surface area contributed by atoms with Crippen molar-refractivity contribution < 1.29 is 27.6 Å². The highest BCUT2D eigenvalue weighted by atomic mass is 19.4. The third kappa shape index (κ3) is 4.20. The molecule has 0 radical (unpaired) electrons. The molecule has 2 N–H and O–H groups in total. The van der Waals surface area contributed by atoms with Crippen LogP contribution in [0.15, 0.2) is 54.9 Å². The van der Waals surface area contributed by atoms with Gasteiger partial charge in [-0.2, -0.15) is 13.2 Å². The summed E-state index contributed by atoms with van der Waals surface area (Å²) < 4.78 is 41.4. The first-order valence-electron chi connectivity index (χ1n) is 8.67. The van der Waals surface area contributed by atoms with E-state index in [0.717, 1.165) is 5.56 Å². The average molecular weight is 406 g/mol. The number of halogens is 3. The highest BCUT2D eigenvalue weighted by Gasteiger charge is 2.68. The predicted molar refractivity (Wildman–Crippen MR) is 95.0 cm³/mol. The molecule has 4 amide bonds. The molecule has 10 heteroatoms. The lowest BCUT2D eigenvalue weighted by molar-refractivity contribution is -0.204. The van der Waals surface area contributed by atoms with Gasteiger partial charge in [-0.15, -0.1) is 0 Å². The van der Waals surface area contributed by atoms with Gasteiger partial charge in [0.25, 0.3) is 11.6 Å². The van der Waals surface area contributed by atoms with Gasteiger partial charge in [0.2, 0.25) is 5.91 Å². The van der Waals surface area contributed by atoms with E-state index in [0.29, 0.717) is 10.5 Å². The number of rotatable bonds is 6. The van der Waals surface area contributed by atoms with Crippen molar-refractivity contribution in [1.82, 2.24) is 20.5 Å². The van der Waals surface area contributed by atoms with E-state index in [1.807, 2.05) is 0 Å². The molecule has 0 bridgehead atoms. The van der Waals surface area contributed by atoms with Crippen LogP contribution in [-0.4, -0.2) is 39.6 Å². The number of aromatic nitrogens is 1. The van der Waals surface area contributed by atoms with Crippen LogP contribution in [0.5, 0.6) is 0 Å². The maximum Gasteiger partial charge on any atom is 0.440 e. The van der Waals surface area contributed by atoms with Crippen molar-refractivity contribution in [2.24, 2.45) is 0 Å². The number of hydrogen-bond donors (Lipinski definition) is 2. The Hall–Kier alpha value is -3.43. The summed E-state index contributed by atoms with van der Waals surface area (Å²) >= 11 is 0. The van der Waals surface area contributed by atoms with Gasteiger partial charge in [-0.25, -0.2) is 4.79 Å². The first-order valence-corrected chi connectivity index (χ1v) is 8.67. The smallest absolute Gasteiger partial charge is 0.318 e. The van der Waals surface area contributed by atoms with Crippen LogP contribution >= 0.6 is 0 Å². The van der Waals surface area contributed by atoms with Crippen LogP contribution in [0.1, 0.15) is 17.5 Å². The fraction of sp³-hybridized carbons (Fsp3) is 0.263. The summed E-state index contributed by atoms with van der Waals surface area (Å²) in [6.07, 6.45) is -2.56. The minimum atomic E-state index is -5.23. The Kier molecular flexibility index (Phi) is 5.53. The lowest BCUT2D eigenvalue weighted by Gasteiger charge is -2.29. The van der Waals surface area contributed by atoms with Crippen LogP contribution < -0.4 is 10.6 Å². The van der Waals surface area contributed by atoms with Crippen molar-refractivity contribution in [1.29, 1.82) is 0 Å². The first kappa shape index (κ1) is 20.3. The van der Waals surface area contributed by atoms with Gasteiger partial charge < -0.3 is 5.32 Å².